The minimum absolute atomic E-state index is 0.0726. The minimum Gasteiger partial charge on any atom is -0.319 e. The summed E-state index contributed by atoms with van der Waals surface area (Å²) in [6.45, 7) is 6.59. The van der Waals surface area contributed by atoms with Crippen LogP contribution >= 0.6 is 0 Å². The summed E-state index contributed by atoms with van der Waals surface area (Å²) in [5.74, 6) is 0.169. The fraction of sp³-hybridized carbons (Fsp3) is 0.381. The molecule has 0 saturated carbocycles. The van der Waals surface area contributed by atoms with Crippen molar-refractivity contribution in [2.24, 2.45) is 5.41 Å². The molecule has 1 aromatic heterocycles. The zero-order valence-corrected chi connectivity index (χ0v) is 15.7. The van der Waals surface area contributed by atoms with Gasteiger partial charge in [-0.1, -0.05) is 26.0 Å². The summed E-state index contributed by atoms with van der Waals surface area (Å²) in [6, 6.07) is 10.7. The van der Waals surface area contributed by atoms with Crippen molar-refractivity contribution in [2.45, 2.75) is 26.7 Å². The molecule has 140 valence electrons. The van der Waals surface area contributed by atoms with Gasteiger partial charge in [-0.25, -0.2) is 4.98 Å². The van der Waals surface area contributed by atoms with Crippen molar-refractivity contribution in [3.8, 4) is 0 Å². The van der Waals surface area contributed by atoms with E-state index in [9.17, 15) is 9.59 Å². The molecule has 0 unspecified atom stereocenters. The van der Waals surface area contributed by atoms with Gasteiger partial charge in [0.15, 0.2) is 5.82 Å². The third kappa shape index (κ3) is 3.45. The number of amides is 2. The van der Waals surface area contributed by atoms with Crippen LogP contribution in [0, 0.1) is 5.41 Å². The van der Waals surface area contributed by atoms with Crippen LogP contribution in [-0.2, 0) is 4.79 Å². The number of likely N-dealkylation sites (tertiary alicyclic amines) is 1. The van der Waals surface area contributed by atoms with E-state index < -0.39 is 0 Å². The molecule has 6 heteroatoms. The molecule has 1 saturated heterocycles. The third-order valence-corrected chi connectivity index (χ3v) is 5.22. The van der Waals surface area contributed by atoms with Gasteiger partial charge in [-0.2, -0.15) is 0 Å². The zero-order valence-electron chi connectivity index (χ0n) is 15.7. The van der Waals surface area contributed by atoms with Gasteiger partial charge >= 0.3 is 0 Å². The van der Waals surface area contributed by atoms with E-state index in [1.165, 1.54) is 6.42 Å². The van der Waals surface area contributed by atoms with Crippen LogP contribution < -0.4 is 10.2 Å². The number of hydrogen-bond donors (Lipinski definition) is 1. The summed E-state index contributed by atoms with van der Waals surface area (Å²) < 4.78 is 0. The Hall–Kier alpha value is -2.73. The molecule has 2 aliphatic rings. The van der Waals surface area contributed by atoms with Gasteiger partial charge in [0, 0.05) is 12.7 Å². The van der Waals surface area contributed by atoms with Crippen molar-refractivity contribution < 1.29 is 9.59 Å². The molecule has 0 bridgehead atoms. The topological polar surface area (TPSA) is 65.5 Å². The van der Waals surface area contributed by atoms with Gasteiger partial charge in [-0.15, -0.1) is 0 Å². The Morgan fingerprint density at radius 3 is 2.85 bits per heavy atom. The highest BCUT2D eigenvalue weighted by Gasteiger charge is 2.33. The molecule has 6 nitrogen and oxygen atoms in total. The van der Waals surface area contributed by atoms with Gasteiger partial charge in [0.05, 0.1) is 23.5 Å². The predicted octanol–water partition coefficient (Wildman–Crippen LogP) is 3.43. The second-order valence-electron chi connectivity index (χ2n) is 8.05. The summed E-state index contributed by atoms with van der Waals surface area (Å²) in [7, 11) is 0. The number of fused-ring (bicyclic) bond motifs is 2. The first-order chi connectivity index (χ1) is 12.9. The second kappa shape index (κ2) is 6.78. The van der Waals surface area contributed by atoms with Gasteiger partial charge in [-0.3, -0.25) is 19.4 Å². The largest absolute Gasteiger partial charge is 0.319 e. The molecule has 3 heterocycles. The molecule has 1 fully saturated rings. The number of nitrogens with zero attached hydrogens (tertiary/aromatic N) is 3. The fourth-order valence-electron chi connectivity index (χ4n) is 4.03. The summed E-state index contributed by atoms with van der Waals surface area (Å²) in [4.78, 5) is 34.2. The lowest BCUT2D eigenvalue weighted by atomic mass is 9.84. The molecule has 4 rings (SSSR count). The number of carbonyl (C=O) groups excluding carboxylic acids is 2. The summed E-state index contributed by atoms with van der Waals surface area (Å²) in [6.07, 6.45) is 3.90. The molecule has 1 aromatic carbocycles. The molecule has 27 heavy (non-hydrogen) atoms. The van der Waals surface area contributed by atoms with Crippen LogP contribution in [0.25, 0.3) is 0 Å². The molecular formula is C21H24N4O2. The van der Waals surface area contributed by atoms with Gasteiger partial charge in [0.25, 0.3) is 5.91 Å². The van der Waals surface area contributed by atoms with Crippen LogP contribution in [0.1, 0.15) is 37.0 Å². The number of hydrogen-bond acceptors (Lipinski definition) is 4. The Morgan fingerprint density at radius 2 is 2.04 bits per heavy atom. The first-order valence-corrected chi connectivity index (χ1v) is 9.35. The van der Waals surface area contributed by atoms with Crippen LogP contribution in [0.3, 0.4) is 0 Å². The van der Waals surface area contributed by atoms with E-state index in [0.29, 0.717) is 29.3 Å². The lowest BCUT2D eigenvalue weighted by Gasteiger charge is -2.38. The predicted molar refractivity (Wildman–Crippen MR) is 105 cm³/mol. The highest BCUT2D eigenvalue weighted by Crippen LogP contribution is 2.36. The van der Waals surface area contributed by atoms with Crippen LogP contribution in [0.15, 0.2) is 42.6 Å². The minimum atomic E-state index is -0.228. The van der Waals surface area contributed by atoms with E-state index >= 15 is 0 Å². The molecule has 0 aliphatic carbocycles. The number of aromatic nitrogens is 1. The van der Waals surface area contributed by atoms with Gasteiger partial charge in [0.1, 0.15) is 0 Å². The molecule has 0 atom stereocenters. The van der Waals surface area contributed by atoms with Crippen molar-refractivity contribution in [3.63, 3.8) is 0 Å². The Labute approximate surface area is 159 Å². The second-order valence-corrected chi connectivity index (χ2v) is 8.05. The number of anilines is 3. The lowest BCUT2D eigenvalue weighted by molar-refractivity contribution is -0.119. The summed E-state index contributed by atoms with van der Waals surface area (Å²) >= 11 is 0. The third-order valence-electron chi connectivity index (χ3n) is 5.22. The van der Waals surface area contributed by atoms with E-state index in [1.807, 2.05) is 6.07 Å². The van der Waals surface area contributed by atoms with Crippen LogP contribution in [-0.4, -0.2) is 41.3 Å². The van der Waals surface area contributed by atoms with E-state index in [0.717, 1.165) is 19.5 Å². The van der Waals surface area contributed by atoms with Crippen molar-refractivity contribution >= 4 is 29.0 Å². The number of piperidine rings is 1. The maximum absolute atomic E-state index is 13.4. The number of pyridine rings is 1. The van der Waals surface area contributed by atoms with E-state index in [4.69, 9.17) is 0 Å². The first-order valence-electron chi connectivity index (χ1n) is 9.35. The Balaban J connectivity index is 1.71. The molecule has 0 radical (unpaired) electrons. The first kappa shape index (κ1) is 17.7. The maximum atomic E-state index is 13.4. The lowest BCUT2D eigenvalue weighted by Crippen LogP contribution is -2.45. The van der Waals surface area contributed by atoms with Crippen molar-refractivity contribution in [1.29, 1.82) is 0 Å². The van der Waals surface area contributed by atoms with Crippen LogP contribution in [0.5, 0.6) is 0 Å². The average Bonchev–Trinajstić information content (AvgIpc) is 2.75. The number of para-hydroxylation sites is 1. The highest BCUT2D eigenvalue weighted by molar-refractivity contribution is 6.17. The van der Waals surface area contributed by atoms with Crippen LogP contribution in [0.2, 0.25) is 0 Å². The van der Waals surface area contributed by atoms with Gasteiger partial charge in [-0.05, 0) is 49.1 Å². The zero-order chi connectivity index (χ0) is 19.0. The van der Waals surface area contributed by atoms with Gasteiger partial charge in [0.2, 0.25) is 5.91 Å². The maximum Gasteiger partial charge on any atom is 0.257 e. The highest BCUT2D eigenvalue weighted by atomic mass is 16.2. The SMILES string of the molecule is CC1(C)CCCN(CC(=O)N2c3ccccc3C(=O)Nc3cccnc32)C1. The molecule has 0 spiro atoms. The van der Waals surface area contributed by atoms with Gasteiger partial charge < -0.3 is 5.32 Å². The molecule has 2 amide bonds. The summed E-state index contributed by atoms with van der Waals surface area (Å²) in [5.41, 5.74) is 1.81. The molecule has 2 aliphatic heterocycles. The smallest absolute Gasteiger partial charge is 0.257 e. The van der Waals surface area contributed by atoms with Crippen LogP contribution in [0.4, 0.5) is 17.2 Å². The number of nitrogens with one attached hydrogen (secondary N) is 1. The quantitative estimate of drug-likeness (QED) is 0.887. The molecule has 2 aromatic rings. The van der Waals surface area contributed by atoms with Crippen molar-refractivity contribution in [2.75, 3.05) is 29.9 Å². The molecular weight excluding hydrogens is 340 g/mol. The fourth-order valence-corrected chi connectivity index (χ4v) is 4.03. The number of benzene rings is 1. The summed E-state index contributed by atoms with van der Waals surface area (Å²) in [5, 5.41) is 2.87. The Bertz CT molecular complexity index is 893. The normalized spacial score (nSPS) is 18.9. The van der Waals surface area contributed by atoms with E-state index in [-0.39, 0.29) is 17.2 Å². The Kier molecular flexibility index (Phi) is 4.44. The standard InChI is InChI=1S/C21H24N4O2/c1-21(2)10-6-12-24(14-21)13-18(26)25-17-9-4-3-7-15(17)20(27)23-16-8-5-11-22-19(16)25/h3-5,7-9,11H,6,10,12-14H2,1-2H3,(H,23,27). The Morgan fingerprint density at radius 1 is 1.22 bits per heavy atom. The number of rotatable bonds is 2. The van der Waals surface area contributed by atoms with E-state index in [2.05, 4.69) is 29.0 Å². The van der Waals surface area contributed by atoms with Crippen molar-refractivity contribution in [3.05, 3.63) is 48.2 Å². The average molecular weight is 364 g/mol. The monoisotopic (exact) mass is 364 g/mol. The number of carbonyl (C=O) groups is 2. The molecule has 1 N–H and O–H groups in total. The van der Waals surface area contributed by atoms with E-state index in [1.54, 1.807) is 41.4 Å². The van der Waals surface area contributed by atoms with Crippen molar-refractivity contribution in [1.82, 2.24) is 9.88 Å².